The molecule has 17 nitrogen and oxygen atoms in total. The Balaban J connectivity index is 5.22. The average Bonchev–Trinajstić information content (AvgIpc) is 0.982. The maximum Gasteiger partial charge on any atom is 0.472 e. The predicted octanol–water partition coefficient (Wildman–Crippen LogP) is 23.7. The lowest BCUT2D eigenvalue weighted by atomic mass is 10.0. The quantitative estimate of drug-likeness (QED) is 0.0169. The van der Waals surface area contributed by atoms with Gasteiger partial charge in [-0.25, -0.2) is 9.13 Å². The van der Waals surface area contributed by atoms with Gasteiger partial charge in [0.15, 0.2) is 12.2 Å². The van der Waals surface area contributed by atoms with Crippen molar-refractivity contribution in [1.82, 2.24) is 0 Å². The monoisotopic (exact) mass is 1450 g/mol. The lowest BCUT2D eigenvalue weighted by molar-refractivity contribution is -0.161. The van der Waals surface area contributed by atoms with E-state index in [4.69, 9.17) is 37.0 Å². The molecule has 0 aliphatic heterocycles. The second-order valence-electron chi connectivity index (χ2n) is 28.1. The number of hydrogen-bond acceptors (Lipinski definition) is 15. The van der Waals surface area contributed by atoms with Crippen LogP contribution in [0.4, 0.5) is 0 Å². The topological polar surface area (TPSA) is 237 Å². The molecule has 0 aromatic heterocycles. The molecule has 5 atom stereocenters. The highest BCUT2D eigenvalue weighted by Gasteiger charge is 2.30. The molecule has 0 aromatic carbocycles. The van der Waals surface area contributed by atoms with Crippen molar-refractivity contribution in [2.75, 3.05) is 39.6 Å². The molecule has 0 bridgehead atoms. The van der Waals surface area contributed by atoms with Crippen LogP contribution in [0.5, 0.6) is 0 Å². The molecule has 0 aromatic rings. The Morgan fingerprint density at radius 3 is 0.737 bits per heavy atom. The number of allylic oxidation sites excluding steroid dienone is 4. The molecule has 0 aliphatic carbocycles. The van der Waals surface area contributed by atoms with Gasteiger partial charge >= 0.3 is 39.5 Å². The molecule has 0 aliphatic rings. The van der Waals surface area contributed by atoms with Gasteiger partial charge in [0, 0.05) is 25.7 Å². The molecule has 0 amide bonds. The smallest absolute Gasteiger partial charge is 0.462 e. The number of carbonyl (C=O) groups is 4. The number of ether oxygens (including phenoxy) is 4. The zero-order valence-corrected chi connectivity index (χ0v) is 65.7. The number of esters is 4. The number of phosphoric acid groups is 2. The summed E-state index contributed by atoms with van der Waals surface area (Å²) in [6.45, 7) is 4.92. The van der Waals surface area contributed by atoms with Crippen LogP contribution in [0.3, 0.4) is 0 Å². The third kappa shape index (κ3) is 73.6. The number of phosphoric ester groups is 2. The molecule has 0 spiro atoms. The van der Waals surface area contributed by atoms with E-state index >= 15 is 0 Å². The van der Waals surface area contributed by atoms with Crippen LogP contribution < -0.4 is 0 Å². The molecular weight excluding hydrogens is 1290 g/mol. The number of aliphatic hydroxyl groups is 1. The number of hydrogen-bond donors (Lipinski definition) is 3. The molecule has 0 rings (SSSR count). The lowest BCUT2D eigenvalue weighted by Crippen LogP contribution is -2.30. The molecule has 0 saturated heterocycles. The summed E-state index contributed by atoms with van der Waals surface area (Å²) < 4.78 is 68.6. The van der Waals surface area contributed by atoms with E-state index in [-0.39, 0.29) is 25.7 Å². The molecule has 0 saturated carbocycles. The normalized spacial score (nSPS) is 14.0. The van der Waals surface area contributed by atoms with E-state index in [1.165, 1.54) is 218 Å². The fraction of sp³-hybridized carbons (Fsp3) is 0.900. The van der Waals surface area contributed by atoms with Gasteiger partial charge in [-0.15, -0.1) is 0 Å². The van der Waals surface area contributed by atoms with Gasteiger partial charge in [0.2, 0.25) is 0 Å². The Hall–Kier alpha value is -2.46. The lowest BCUT2D eigenvalue weighted by Gasteiger charge is -2.21. The van der Waals surface area contributed by atoms with Crippen molar-refractivity contribution in [2.24, 2.45) is 0 Å². The first-order valence-electron chi connectivity index (χ1n) is 41.1. The molecule has 99 heavy (non-hydrogen) atoms. The van der Waals surface area contributed by atoms with E-state index < -0.39 is 97.5 Å². The maximum absolute atomic E-state index is 13.1. The van der Waals surface area contributed by atoms with Gasteiger partial charge in [-0.05, 0) is 51.4 Å². The van der Waals surface area contributed by atoms with E-state index in [2.05, 4.69) is 52.0 Å². The van der Waals surface area contributed by atoms with Crippen LogP contribution in [-0.4, -0.2) is 96.7 Å². The zero-order valence-electron chi connectivity index (χ0n) is 64.0. The minimum Gasteiger partial charge on any atom is -0.462 e. The van der Waals surface area contributed by atoms with Gasteiger partial charge < -0.3 is 33.8 Å². The van der Waals surface area contributed by atoms with Crippen LogP contribution in [0.2, 0.25) is 0 Å². The second kappa shape index (κ2) is 73.8. The van der Waals surface area contributed by atoms with Gasteiger partial charge in [0.25, 0.3) is 0 Å². The molecule has 0 fully saturated rings. The van der Waals surface area contributed by atoms with E-state index in [1.54, 1.807) is 0 Å². The van der Waals surface area contributed by atoms with E-state index in [1.807, 2.05) is 0 Å². The summed E-state index contributed by atoms with van der Waals surface area (Å²) in [5, 5.41) is 10.6. The van der Waals surface area contributed by atoms with Crippen LogP contribution in [0.15, 0.2) is 24.3 Å². The highest BCUT2D eigenvalue weighted by Crippen LogP contribution is 2.45. The van der Waals surface area contributed by atoms with E-state index in [0.29, 0.717) is 25.7 Å². The molecule has 0 radical (unpaired) electrons. The van der Waals surface area contributed by atoms with Crippen molar-refractivity contribution in [1.29, 1.82) is 0 Å². The largest absolute Gasteiger partial charge is 0.472 e. The van der Waals surface area contributed by atoms with E-state index in [9.17, 15) is 43.2 Å². The van der Waals surface area contributed by atoms with Crippen molar-refractivity contribution in [2.45, 2.75) is 425 Å². The van der Waals surface area contributed by atoms with Crippen LogP contribution in [-0.2, 0) is 65.4 Å². The second-order valence-corrected chi connectivity index (χ2v) is 31.0. The number of aliphatic hydroxyl groups excluding tert-OH is 1. The Kier molecular flexibility index (Phi) is 72.0. The van der Waals surface area contributed by atoms with Crippen molar-refractivity contribution < 1.29 is 80.2 Å². The molecular formula is C80H152O17P2. The summed E-state index contributed by atoms with van der Waals surface area (Å²) in [5.41, 5.74) is 0. The SMILES string of the molecule is CCCCCC/C=C\C=C/CCCCCCCC(=O)O[C@H](COC(=O)CCCCCCCCCC)COP(=O)(O)OC[C@H](O)COP(=O)(O)OC[C@@H](COC(=O)CCCCCCCCCCCCCCCCCC)OC(=O)CCCCCCCCCCCCCCCCCCCCCC. The number of rotatable bonds is 79. The van der Waals surface area contributed by atoms with Gasteiger partial charge in [0.05, 0.1) is 26.4 Å². The van der Waals surface area contributed by atoms with Gasteiger partial charge in [0.1, 0.15) is 19.3 Å². The summed E-state index contributed by atoms with van der Waals surface area (Å²) in [5.74, 6) is -2.14. The van der Waals surface area contributed by atoms with Crippen LogP contribution in [0.1, 0.15) is 407 Å². The Labute approximate surface area is 605 Å². The predicted molar refractivity (Wildman–Crippen MR) is 405 cm³/mol. The third-order valence-corrected chi connectivity index (χ3v) is 20.1. The average molecular weight is 1450 g/mol. The molecule has 19 heteroatoms. The van der Waals surface area contributed by atoms with Crippen molar-refractivity contribution in [3.8, 4) is 0 Å². The Morgan fingerprint density at radius 1 is 0.283 bits per heavy atom. The molecule has 2 unspecified atom stereocenters. The summed E-state index contributed by atoms with van der Waals surface area (Å²) in [6.07, 6.45) is 68.9. The standard InChI is InChI=1S/C80H152O17P2/c1-5-9-13-17-21-25-28-31-34-36-37-38-39-42-45-48-51-55-59-63-67-80(85)97-76(71-91-78(83)65-61-57-53-49-46-43-41-35-32-29-26-22-18-14-10-6-2)73-95-99(88,89)93-69-74(81)68-92-98(86,87)94-72-75(70-90-77(82)64-60-56-52-24-20-16-12-8-4)96-79(84)66-62-58-54-50-47-44-40-33-30-27-23-19-15-11-7-3/h27,30,33,40,74-76,81H,5-26,28-29,31-32,34-39,41-73H2,1-4H3,(H,86,87)(H,88,89)/b30-27-,40-33-/t74-,75+,76+/m0/s1. The highest BCUT2D eigenvalue weighted by molar-refractivity contribution is 7.47. The minimum absolute atomic E-state index is 0.0855. The fourth-order valence-electron chi connectivity index (χ4n) is 11.9. The summed E-state index contributed by atoms with van der Waals surface area (Å²) >= 11 is 0. The number of carbonyl (C=O) groups excluding carboxylic acids is 4. The molecule has 3 N–H and O–H groups in total. The Bertz CT molecular complexity index is 1970. The molecule has 584 valence electrons. The van der Waals surface area contributed by atoms with E-state index in [0.717, 1.165) is 109 Å². The highest BCUT2D eigenvalue weighted by atomic mass is 31.2. The first kappa shape index (κ1) is 96.5. The van der Waals surface area contributed by atoms with Crippen LogP contribution in [0, 0.1) is 0 Å². The van der Waals surface area contributed by atoms with Crippen molar-refractivity contribution in [3.63, 3.8) is 0 Å². The van der Waals surface area contributed by atoms with Crippen LogP contribution >= 0.6 is 15.6 Å². The first-order valence-corrected chi connectivity index (χ1v) is 44.1. The van der Waals surface area contributed by atoms with Gasteiger partial charge in [-0.2, -0.15) is 0 Å². The summed E-state index contributed by atoms with van der Waals surface area (Å²) in [7, 11) is -9.92. The minimum atomic E-state index is -4.96. The van der Waals surface area contributed by atoms with Crippen molar-refractivity contribution >= 4 is 39.5 Å². The molecule has 0 heterocycles. The van der Waals surface area contributed by atoms with Crippen LogP contribution in [0.25, 0.3) is 0 Å². The summed E-state index contributed by atoms with van der Waals surface area (Å²) in [6, 6.07) is 0. The van der Waals surface area contributed by atoms with Gasteiger partial charge in [-0.3, -0.25) is 37.3 Å². The third-order valence-electron chi connectivity index (χ3n) is 18.2. The zero-order chi connectivity index (χ0) is 72.5. The summed E-state index contributed by atoms with van der Waals surface area (Å²) in [4.78, 5) is 72.9. The number of unbranched alkanes of at least 4 members (excludes halogenated alkanes) is 50. The Morgan fingerprint density at radius 2 is 0.485 bits per heavy atom. The fourth-order valence-corrected chi connectivity index (χ4v) is 13.5. The maximum atomic E-state index is 13.1. The van der Waals surface area contributed by atoms with Crippen molar-refractivity contribution in [3.05, 3.63) is 24.3 Å². The van der Waals surface area contributed by atoms with Gasteiger partial charge in [-0.1, -0.05) is 354 Å². The first-order chi connectivity index (χ1) is 48.2.